The van der Waals surface area contributed by atoms with Crippen LogP contribution in [-0.4, -0.2) is 24.3 Å². The van der Waals surface area contributed by atoms with E-state index < -0.39 is 42.2 Å². The van der Waals surface area contributed by atoms with Crippen LogP contribution in [0.4, 0.5) is 18.9 Å². The summed E-state index contributed by atoms with van der Waals surface area (Å²) in [7, 11) is 0. The third-order valence-electron chi connectivity index (χ3n) is 4.19. The van der Waals surface area contributed by atoms with Gasteiger partial charge in [-0.15, -0.1) is 0 Å². The Kier molecular flexibility index (Phi) is 6.93. The monoisotopic (exact) mass is 446 g/mol. The summed E-state index contributed by atoms with van der Waals surface area (Å²) in [6.07, 6.45) is -4.76. The number of furan rings is 1. The molecule has 0 unspecified atom stereocenters. The average molecular weight is 446 g/mol. The fourth-order valence-electron chi connectivity index (χ4n) is 2.70. The van der Waals surface area contributed by atoms with Crippen LogP contribution in [0.3, 0.4) is 0 Å². The lowest BCUT2D eigenvalue weighted by Crippen LogP contribution is -2.33. The highest BCUT2D eigenvalue weighted by molar-refractivity contribution is 5.97. The standard InChI is InChI=1S/C22H17F3N2O5/c23-22(24,25)15-8-4-9-16(12-15)27-21(30)19(14-6-2-1-3-7-14)32-18(28)13-26-20(29)17-10-5-11-31-17/h1-12,19H,13H2,(H,26,29)(H,27,30)/t19-/m1/s1. The number of benzene rings is 2. The van der Waals surface area contributed by atoms with Crippen LogP contribution in [0.5, 0.6) is 0 Å². The minimum atomic E-state index is -4.59. The lowest BCUT2D eigenvalue weighted by Gasteiger charge is -2.18. The van der Waals surface area contributed by atoms with Crippen molar-refractivity contribution in [2.24, 2.45) is 0 Å². The highest BCUT2D eigenvalue weighted by Gasteiger charge is 2.31. The van der Waals surface area contributed by atoms with E-state index >= 15 is 0 Å². The van der Waals surface area contributed by atoms with Gasteiger partial charge in [-0.1, -0.05) is 36.4 Å². The zero-order chi connectivity index (χ0) is 23.1. The van der Waals surface area contributed by atoms with Gasteiger partial charge < -0.3 is 19.8 Å². The van der Waals surface area contributed by atoms with E-state index in [1.165, 1.54) is 36.6 Å². The molecule has 2 aromatic carbocycles. The van der Waals surface area contributed by atoms with E-state index in [1.54, 1.807) is 18.2 Å². The summed E-state index contributed by atoms with van der Waals surface area (Å²) in [5, 5.41) is 4.62. The Balaban J connectivity index is 1.71. The van der Waals surface area contributed by atoms with E-state index in [0.29, 0.717) is 5.56 Å². The molecule has 166 valence electrons. The molecule has 10 heteroatoms. The Hall–Kier alpha value is -4.08. The molecule has 32 heavy (non-hydrogen) atoms. The van der Waals surface area contributed by atoms with Gasteiger partial charge in [0.25, 0.3) is 11.8 Å². The number of carbonyl (C=O) groups excluding carboxylic acids is 3. The summed E-state index contributed by atoms with van der Waals surface area (Å²) < 4.78 is 48.9. The number of carbonyl (C=O) groups is 3. The first-order valence-corrected chi connectivity index (χ1v) is 9.28. The molecular formula is C22H17F3N2O5. The molecule has 0 saturated carbocycles. The highest BCUT2D eigenvalue weighted by atomic mass is 19.4. The molecule has 1 heterocycles. The van der Waals surface area contributed by atoms with Crippen molar-refractivity contribution in [2.45, 2.75) is 12.3 Å². The number of hydrogen-bond acceptors (Lipinski definition) is 5. The maximum atomic E-state index is 12.9. The van der Waals surface area contributed by atoms with Gasteiger partial charge in [0.2, 0.25) is 6.10 Å². The van der Waals surface area contributed by atoms with Gasteiger partial charge in [-0.3, -0.25) is 14.4 Å². The van der Waals surface area contributed by atoms with Crippen molar-refractivity contribution >= 4 is 23.5 Å². The second-order valence-electron chi connectivity index (χ2n) is 6.51. The fourth-order valence-corrected chi connectivity index (χ4v) is 2.70. The summed E-state index contributed by atoms with van der Waals surface area (Å²) in [4.78, 5) is 36.9. The Labute approximate surface area is 180 Å². The van der Waals surface area contributed by atoms with Crippen LogP contribution in [-0.2, 0) is 20.5 Å². The maximum absolute atomic E-state index is 12.9. The molecule has 3 aromatic rings. The lowest BCUT2D eigenvalue weighted by atomic mass is 10.1. The molecule has 0 bridgehead atoms. The van der Waals surface area contributed by atoms with Crippen molar-refractivity contribution in [3.05, 3.63) is 89.9 Å². The van der Waals surface area contributed by atoms with Crippen molar-refractivity contribution in [3.63, 3.8) is 0 Å². The van der Waals surface area contributed by atoms with Crippen molar-refractivity contribution in [1.29, 1.82) is 0 Å². The second kappa shape index (κ2) is 9.82. The number of hydrogen-bond donors (Lipinski definition) is 2. The Morgan fingerprint density at radius 1 is 0.969 bits per heavy atom. The van der Waals surface area contributed by atoms with E-state index in [4.69, 9.17) is 9.15 Å². The SMILES string of the molecule is O=C(CNC(=O)c1ccco1)O[C@@H](C(=O)Nc1cccc(C(F)(F)F)c1)c1ccccc1. The van der Waals surface area contributed by atoms with Gasteiger partial charge >= 0.3 is 12.1 Å². The molecular weight excluding hydrogens is 429 g/mol. The number of esters is 1. The molecule has 1 aromatic heterocycles. The third-order valence-corrected chi connectivity index (χ3v) is 4.19. The number of ether oxygens (including phenoxy) is 1. The first-order valence-electron chi connectivity index (χ1n) is 9.28. The number of amides is 2. The number of anilines is 1. The van der Waals surface area contributed by atoms with Crippen molar-refractivity contribution < 1.29 is 36.7 Å². The second-order valence-corrected chi connectivity index (χ2v) is 6.51. The van der Waals surface area contributed by atoms with Crippen LogP contribution in [0.1, 0.15) is 27.8 Å². The van der Waals surface area contributed by atoms with Gasteiger partial charge in [-0.05, 0) is 30.3 Å². The smallest absolute Gasteiger partial charge is 0.416 e. The van der Waals surface area contributed by atoms with Crippen LogP contribution in [0.25, 0.3) is 0 Å². The topological polar surface area (TPSA) is 97.6 Å². The summed E-state index contributed by atoms with van der Waals surface area (Å²) in [5.74, 6) is -2.46. The van der Waals surface area contributed by atoms with E-state index in [0.717, 1.165) is 18.2 Å². The zero-order valence-electron chi connectivity index (χ0n) is 16.4. The van der Waals surface area contributed by atoms with Crippen LogP contribution >= 0.6 is 0 Å². The van der Waals surface area contributed by atoms with Gasteiger partial charge in [0.15, 0.2) is 5.76 Å². The predicted octanol–water partition coefficient (Wildman–Crippen LogP) is 3.95. The number of rotatable bonds is 7. The van der Waals surface area contributed by atoms with E-state index in [1.807, 2.05) is 0 Å². The molecule has 2 N–H and O–H groups in total. The summed E-state index contributed by atoms with van der Waals surface area (Å²) in [5.41, 5.74) is -0.764. The Morgan fingerprint density at radius 3 is 2.38 bits per heavy atom. The molecule has 0 aliphatic carbocycles. The first-order chi connectivity index (χ1) is 15.2. The lowest BCUT2D eigenvalue weighted by molar-refractivity contribution is -0.153. The maximum Gasteiger partial charge on any atom is 0.416 e. The molecule has 3 rings (SSSR count). The van der Waals surface area contributed by atoms with Crippen LogP contribution in [0.2, 0.25) is 0 Å². The molecule has 0 spiro atoms. The first kappa shape index (κ1) is 22.6. The van der Waals surface area contributed by atoms with E-state index in [-0.39, 0.29) is 11.4 Å². The molecule has 7 nitrogen and oxygen atoms in total. The predicted molar refractivity (Wildman–Crippen MR) is 106 cm³/mol. The van der Waals surface area contributed by atoms with Crippen molar-refractivity contribution in [2.75, 3.05) is 11.9 Å². The quantitative estimate of drug-likeness (QED) is 0.536. The summed E-state index contributed by atoms with van der Waals surface area (Å²) in [6, 6.07) is 14.9. The molecule has 0 radical (unpaired) electrons. The van der Waals surface area contributed by atoms with Crippen LogP contribution in [0, 0.1) is 0 Å². The number of alkyl halides is 3. The number of halogens is 3. The molecule has 2 amide bonds. The summed E-state index contributed by atoms with van der Waals surface area (Å²) in [6.45, 7) is -0.556. The van der Waals surface area contributed by atoms with E-state index in [9.17, 15) is 27.6 Å². The third kappa shape index (κ3) is 5.97. The molecule has 0 aliphatic heterocycles. The van der Waals surface area contributed by atoms with E-state index in [2.05, 4.69) is 10.6 Å². The van der Waals surface area contributed by atoms with Gasteiger partial charge in [0.05, 0.1) is 11.8 Å². The Bertz CT molecular complexity index is 1080. The normalized spacial score (nSPS) is 12.0. The van der Waals surface area contributed by atoms with Gasteiger partial charge in [0, 0.05) is 11.3 Å². The largest absolute Gasteiger partial charge is 0.459 e. The molecule has 0 saturated heterocycles. The molecule has 0 fully saturated rings. The van der Waals surface area contributed by atoms with Crippen molar-refractivity contribution in [3.8, 4) is 0 Å². The van der Waals surface area contributed by atoms with Crippen molar-refractivity contribution in [1.82, 2.24) is 5.32 Å². The van der Waals surface area contributed by atoms with Crippen LogP contribution in [0.15, 0.2) is 77.4 Å². The number of nitrogens with one attached hydrogen (secondary N) is 2. The minimum absolute atomic E-state index is 0.0142. The highest BCUT2D eigenvalue weighted by Crippen LogP contribution is 2.31. The average Bonchev–Trinajstić information content (AvgIpc) is 3.31. The van der Waals surface area contributed by atoms with Crippen LogP contribution < -0.4 is 10.6 Å². The molecule has 1 atom stereocenters. The summed E-state index contributed by atoms with van der Waals surface area (Å²) >= 11 is 0. The fraction of sp³-hybridized carbons (Fsp3) is 0.136. The van der Waals surface area contributed by atoms with Gasteiger partial charge in [-0.2, -0.15) is 13.2 Å². The minimum Gasteiger partial charge on any atom is -0.459 e. The zero-order valence-corrected chi connectivity index (χ0v) is 16.4. The van der Waals surface area contributed by atoms with Gasteiger partial charge in [0.1, 0.15) is 6.54 Å². The molecule has 0 aliphatic rings. The Morgan fingerprint density at radius 2 is 1.72 bits per heavy atom. The van der Waals surface area contributed by atoms with Gasteiger partial charge in [-0.25, -0.2) is 0 Å².